The van der Waals surface area contributed by atoms with Crippen molar-refractivity contribution in [3.63, 3.8) is 0 Å². The minimum Gasteiger partial charge on any atom is -0.493 e. The molecular weight excluding hydrogens is 483 g/mol. The van der Waals surface area contributed by atoms with E-state index in [-0.39, 0.29) is 24.0 Å². The third-order valence-corrected chi connectivity index (χ3v) is 4.25. The molecule has 0 aliphatic carbocycles. The number of nitrogens with one attached hydrogen (secondary N) is 2. The maximum Gasteiger partial charge on any atom is 0.191 e. The third-order valence-electron chi connectivity index (χ3n) is 4.25. The van der Waals surface area contributed by atoms with E-state index in [0.29, 0.717) is 19.8 Å². The molecule has 2 aromatic rings. The first-order valence-electron chi connectivity index (χ1n) is 9.71. The van der Waals surface area contributed by atoms with E-state index < -0.39 is 0 Å². The topological polar surface area (TPSA) is 85.6 Å². The number of methoxy groups -OCH3 is 1. The summed E-state index contributed by atoms with van der Waals surface area (Å²) in [6.45, 7) is 5.85. The molecule has 2 rings (SSSR count). The first-order valence-corrected chi connectivity index (χ1v) is 9.71. The first kappa shape index (κ1) is 25.2. The van der Waals surface area contributed by atoms with Crippen molar-refractivity contribution in [1.82, 2.24) is 25.4 Å². The summed E-state index contributed by atoms with van der Waals surface area (Å²) in [7, 11) is 3.49. The van der Waals surface area contributed by atoms with Crippen LogP contribution in [0.25, 0.3) is 0 Å². The average molecular weight is 516 g/mol. The van der Waals surface area contributed by atoms with Gasteiger partial charge in [0.2, 0.25) is 0 Å². The predicted molar refractivity (Wildman–Crippen MR) is 126 cm³/mol. The number of hydrogen-bond donors (Lipinski definition) is 2. The zero-order chi connectivity index (χ0) is 20.0. The molecule has 9 heteroatoms. The van der Waals surface area contributed by atoms with Gasteiger partial charge in [-0.3, -0.25) is 4.99 Å². The van der Waals surface area contributed by atoms with Gasteiger partial charge in [0.15, 0.2) is 5.96 Å². The van der Waals surface area contributed by atoms with Gasteiger partial charge in [-0.2, -0.15) is 0 Å². The molecule has 2 N–H and O–H groups in total. The zero-order valence-electron chi connectivity index (χ0n) is 17.6. The number of ether oxygens (including phenoxy) is 2. The van der Waals surface area contributed by atoms with Crippen LogP contribution in [0.15, 0.2) is 35.8 Å². The van der Waals surface area contributed by atoms with Crippen LogP contribution in [0, 0.1) is 6.92 Å². The van der Waals surface area contributed by atoms with E-state index >= 15 is 0 Å². The molecular formula is C20H33IN6O2. The number of nitrogens with zero attached hydrogens (tertiary/aromatic N) is 4. The molecule has 0 saturated carbocycles. The smallest absolute Gasteiger partial charge is 0.191 e. The van der Waals surface area contributed by atoms with Crippen molar-refractivity contribution in [2.24, 2.45) is 4.99 Å². The van der Waals surface area contributed by atoms with Gasteiger partial charge >= 0.3 is 0 Å². The predicted octanol–water partition coefficient (Wildman–Crippen LogP) is 2.77. The van der Waals surface area contributed by atoms with Crippen LogP contribution in [0.2, 0.25) is 0 Å². The van der Waals surface area contributed by atoms with Crippen LogP contribution in [-0.2, 0) is 17.8 Å². The number of halogens is 1. The lowest BCUT2D eigenvalue weighted by Gasteiger charge is -2.15. The number of benzene rings is 1. The number of aromatic nitrogens is 3. The van der Waals surface area contributed by atoms with Crippen molar-refractivity contribution in [2.75, 3.05) is 33.9 Å². The van der Waals surface area contributed by atoms with Crippen molar-refractivity contribution in [3.8, 4) is 5.75 Å². The molecule has 0 bridgehead atoms. The van der Waals surface area contributed by atoms with E-state index in [4.69, 9.17) is 9.47 Å². The standard InChI is InChI=1S/C20H32N6O2.HI/c1-17-7-8-18(19(13-17)28-12-6-11-27-3)14-23-20(21-2)22-9-4-5-10-26-15-24-25-16-26;/h7-8,13,15-16H,4-6,9-12,14H2,1-3H3,(H2,21,22,23);1H. The average Bonchev–Trinajstić information content (AvgIpc) is 3.22. The van der Waals surface area contributed by atoms with Crippen molar-refractivity contribution in [2.45, 2.75) is 39.3 Å². The van der Waals surface area contributed by atoms with Gasteiger partial charge in [0, 0.05) is 52.4 Å². The molecule has 0 aliphatic rings. The summed E-state index contributed by atoms with van der Waals surface area (Å²) >= 11 is 0. The summed E-state index contributed by atoms with van der Waals surface area (Å²) in [6.07, 6.45) is 6.45. The quantitative estimate of drug-likeness (QED) is 0.195. The van der Waals surface area contributed by atoms with Crippen LogP contribution in [0.5, 0.6) is 5.75 Å². The van der Waals surface area contributed by atoms with Crippen molar-refractivity contribution in [3.05, 3.63) is 42.0 Å². The number of aliphatic imine (C=N–C) groups is 1. The highest BCUT2D eigenvalue weighted by Crippen LogP contribution is 2.20. The summed E-state index contributed by atoms with van der Waals surface area (Å²) in [5, 5.41) is 14.3. The maximum atomic E-state index is 5.94. The van der Waals surface area contributed by atoms with Crippen LogP contribution < -0.4 is 15.4 Å². The van der Waals surface area contributed by atoms with Crippen LogP contribution in [0.4, 0.5) is 0 Å². The largest absolute Gasteiger partial charge is 0.493 e. The summed E-state index contributed by atoms with van der Waals surface area (Å²) in [5.74, 6) is 1.70. The molecule has 0 spiro atoms. The Morgan fingerprint density at radius 3 is 2.62 bits per heavy atom. The summed E-state index contributed by atoms with van der Waals surface area (Å²) in [4.78, 5) is 4.30. The van der Waals surface area contributed by atoms with Gasteiger partial charge in [0.05, 0.1) is 6.61 Å². The molecule has 0 unspecified atom stereocenters. The monoisotopic (exact) mass is 516 g/mol. The van der Waals surface area contributed by atoms with Crippen molar-refractivity contribution in [1.29, 1.82) is 0 Å². The fourth-order valence-corrected chi connectivity index (χ4v) is 2.69. The molecule has 0 fully saturated rings. The van der Waals surface area contributed by atoms with Gasteiger partial charge in [-0.15, -0.1) is 34.2 Å². The van der Waals surface area contributed by atoms with E-state index in [0.717, 1.165) is 49.6 Å². The Morgan fingerprint density at radius 1 is 1.10 bits per heavy atom. The molecule has 0 aliphatic heterocycles. The second-order valence-corrected chi connectivity index (χ2v) is 6.57. The second kappa shape index (κ2) is 15.0. The van der Waals surface area contributed by atoms with Gasteiger partial charge in [-0.25, -0.2) is 0 Å². The molecule has 1 heterocycles. The minimum absolute atomic E-state index is 0. The highest BCUT2D eigenvalue weighted by Gasteiger charge is 2.06. The van der Waals surface area contributed by atoms with E-state index in [1.807, 2.05) is 4.57 Å². The van der Waals surface area contributed by atoms with Crippen LogP contribution in [0.3, 0.4) is 0 Å². The lowest BCUT2D eigenvalue weighted by atomic mass is 10.1. The number of hydrogen-bond acceptors (Lipinski definition) is 5. The van der Waals surface area contributed by atoms with E-state index in [1.54, 1.807) is 26.8 Å². The Labute approximate surface area is 190 Å². The molecule has 0 amide bonds. The van der Waals surface area contributed by atoms with Gasteiger partial charge < -0.3 is 24.7 Å². The molecule has 1 aromatic carbocycles. The Morgan fingerprint density at radius 2 is 1.90 bits per heavy atom. The molecule has 0 atom stereocenters. The first-order chi connectivity index (χ1) is 13.7. The summed E-state index contributed by atoms with van der Waals surface area (Å²) in [5.41, 5.74) is 2.29. The normalized spacial score (nSPS) is 11.1. The Balaban J connectivity index is 0.00000420. The second-order valence-electron chi connectivity index (χ2n) is 6.57. The van der Waals surface area contributed by atoms with Crippen molar-refractivity contribution < 1.29 is 9.47 Å². The molecule has 8 nitrogen and oxygen atoms in total. The Hall–Kier alpha value is -1.88. The van der Waals surface area contributed by atoms with Crippen LogP contribution in [-0.4, -0.2) is 54.6 Å². The van der Waals surface area contributed by atoms with Crippen LogP contribution >= 0.6 is 24.0 Å². The third kappa shape index (κ3) is 9.93. The molecule has 0 radical (unpaired) electrons. The highest BCUT2D eigenvalue weighted by molar-refractivity contribution is 14.0. The number of aryl methyl sites for hydroxylation is 2. The number of unbranched alkanes of at least 4 members (excludes halogenated alkanes) is 1. The van der Waals surface area contributed by atoms with Crippen molar-refractivity contribution >= 4 is 29.9 Å². The number of guanidine groups is 1. The van der Waals surface area contributed by atoms with E-state index in [2.05, 4.69) is 50.9 Å². The molecule has 162 valence electrons. The van der Waals surface area contributed by atoms with Crippen LogP contribution in [0.1, 0.15) is 30.4 Å². The fraction of sp³-hybridized carbons (Fsp3) is 0.550. The SMILES string of the molecule is CN=C(NCCCCn1cnnc1)NCc1ccc(C)cc1OCCCOC.I. The molecule has 1 aromatic heterocycles. The fourth-order valence-electron chi connectivity index (χ4n) is 2.69. The number of rotatable bonds is 12. The minimum atomic E-state index is 0. The van der Waals surface area contributed by atoms with Gasteiger partial charge in [-0.1, -0.05) is 12.1 Å². The lowest BCUT2D eigenvalue weighted by molar-refractivity contribution is 0.172. The zero-order valence-corrected chi connectivity index (χ0v) is 19.9. The summed E-state index contributed by atoms with van der Waals surface area (Å²) in [6, 6.07) is 6.27. The van der Waals surface area contributed by atoms with E-state index in [9.17, 15) is 0 Å². The lowest BCUT2D eigenvalue weighted by Crippen LogP contribution is -2.37. The highest BCUT2D eigenvalue weighted by atomic mass is 127. The van der Waals surface area contributed by atoms with Gasteiger partial charge in [-0.05, 0) is 31.4 Å². The molecule has 29 heavy (non-hydrogen) atoms. The Bertz CT molecular complexity index is 709. The van der Waals surface area contributed by atoms with Gasteiger partial charge in [0.1, 0.15) is 18.4 Å². The Kier molecular flexibility index (Phi) is 13.0. The van der Waals surface area contributed by atoms with E-state index in [1.165, 1.54) is 5.56 Å². The molecule has 0 saturated heterocycles. The maximum absolute atomic E-state index is 5.94. The van der Waals surface area contributed by atoms with Gasteiger partial charge in [0.25, 0.3) is 0 Å². The summed E-state index contributed by atoms with van der Waals surface area (Å²) < 4.78 is 13.0.